The zero-order valence-corrected chi connectivity index (χ0v) is 4.57. The number of hydrogen-bond donors (Lipinski definition) is 1. The van der Waals surface area contributed by atoms with E-state index in [4.69, 9.17) is 16.7 Å². The molecule has 1 nitrogen and oxygen atoms in total. The Morgan fingerprint density at radius 3 is 2.33 bits per heavy atom. The van der Waals surface area contributed by atoms with Gasteiger partial charge < -0.3 is 5.11 Å². The smallest absolute Gasteiger partial charge is 0.0444 e. The lowest BCUT2D eigenvalue weighted by molar-refractivity contribution is 0.288. The normalized spacial score (nSPS) is 14.5. The second kappa shape index (κ2) is 3.44. The van der Waals surface area contributed by atoms with Gasteiger partial charge in [0.1, 0.15) is 0 Å². The second-order valence-corrected chi connectivity index (χ2v) is 2.04. The molecule has 1 atom stereocenters. The summed E-state index contributed by atoms with van der Waals surface area (Å²) in [6.45, 7) is 2.06. The van der Waals surface area contributed by atoms with E-state index in [0.717, 1.165) is 0 Å². The molecule has 0 fully saturated rings. The van der Waals surface area contributed by atoms with Gasteiger partial charge in [-0.25, -0.2) is 0 Å². The highest BCUT2D eigenvalue weighted by atomic mass is 35.5. The van der Waals surface area contributed by atoms with Crippen LogP contribution in [-0.2, 0) is 0 Å². The van der Waals surface area contributed by atoms with Crippen LogP contribution in [-0.4, -0.2) is 17.1 Å². The Bertz CT molecular complexity index is 28.7. The average molecular weight is 109 g/mol. The van der Waals surface area contributed by atoms with Gasteiger partial charge in [0.05, 0.1) is 0 Å². The largest absolute Gasteiger partial charge is 0.396 e. The molecule has 1 N–H and O–H groups in total. The van der Waals surface area contributed by atoms with Gasteiger partial charge in [-0.05, 0) is 13.3 Å². The molecule has 0 aromatic carbocycles. The van der Waals surface area contributed by atoms with E-state index in [0.29, 0.717) is 6.42 Å². The lowest BCUT2D eigenvalue weighted by Crippen LogP contribution is -1.92. The highest BCUT2D eigenvalue weighted by Gasteiger charge is 1.89. The summed E-state index contributed by atoms with van der Waals surface area (Å²) in [5.41, 5.74) is 0. The Hall–Kier alpha value is 0.250. The summed E-state index contributed by atoms with van der Waals surface area (Å²) in [7, 11) is 0. The molecule has 0 aliphatic carbocycles. The lowest BCUT2D eigenvalue weighted by atomic mass is 10.4. The van der Waals surface area contributed by atoms with E-state index in [1.54, 1.807) is 0 Å². The maximum Gasteiger partial charge on any atom is 0.0444 e. The van der Waals surface area contributed by atoms with Crippen LogP contribution >= 0.6 is 11.6 Å². The molecule has 0 radical (unpaired) electrons. The van der Waals surface area contributed by atoms with E-state index in [-0.39, 0.29) is 12.0 Å². The highest BCUT2D eigenvalue weighted by Crippen LogP contribution is 1.96. The topological polar surface area (TPSA) is 20.2 Å². The van der Waals surface area contributed by atoms with E-state index in [9.17, 15) is 0 Å². The Kier molecular flexibility index (Phi) is 3.58. The van der Waals surface area contributed by atoms with E-state index in [1.807, 2.05) is 6.92 Å². The zero-order valence-electron chi connectivity index (χ0n) is 3.82. The van der Waals surface area contributed by atoms with Crippen molar-refractivity contribution in [2.24, 2.45) is 0 Å². The van der Waals surface area contributed by atoms with Crippen molar-refractivity contribution >= 4 is 11.6 Å². The minimum atomic E-state index is 0.120. The lowest BCUT2D eigenvalue weighted by Gasteiger charge is -1.92. The fourth-order valence-corrected chi connectivity index (χ4v) is 0.275. The summed E-state index contributed by atoms with van der Waals surface area (Å²) >= 11 is 5.42. The third-order valence-electron chi connectivity index (χ3n) is 0.527. The quantitative estimate of drug-likeness (QED) is 0.524. The first kappa shape index (κ1) is 6.25. The number of aliphatic hydroxyl groups excluding tert-OH is 1. The Balaban J connectivity index is 2.63. The van der Waals surface area contributed by atoms with E-state index in [1.165, 1.54) is 0 Å². The van der Waals surface area contributed by atoms with E-state index in [2.05, 4.69) is 0 Å². The van der Waals surface area contributed by atoms with Crippen molar-refractivity contribution in [2.45, 2.75) is 18.7 Å². The van der Waals surface area contributed by atoms with Crippen molar-refractivity contribution in [3.63, 3.8) is 0 Å². The molecule has 0 spiro atoms. The van der Waals surface area contributed by atoms with E-state index >= 15 is 0 Å². The van der Waals surface area contributed by atoms with Crippen LogP contribution in [0.5, 0.6) is 0 Å². The minimum absolute atomic E-state index is 0.120. The van der Waals surface area contributed by atoms with Crippen molar-refractivity contribution < 1.29 is 5.11 Å². The fourth-order valence-electron chi connectivity index (χ4n) is 0.178. The van der Waals surface area contributed by atoms with Gasteiger partial charge in [-0.15, -0.1) is 11.6 Å². The van der Waals surface area contributed by atoms with Gasteiger partial charge in [-0.1, -0.05) is 0 Å². The van der Waals surface area contributed by atoms with Crippen LogP contribution < -0.4 is 0 Å². The fraction of sp³-hybridized carbons (Fsp3) is 1.00. The van der Waals surface area contributed by atoms with Gasteiger partial charge in [-0.3, -0.25) is 0 Å². The number of hydrogen-bond acceptors (Lipinski definition) is 1. The summed E-state index contributed by atoms with van der Waals surface area (Å²) in [5.74, 6) is 0. The standard InChI is InChI=1S/C4H9ClO/c1-4(5)2-3-6/h4,6H,2-3H2,1H3. The molecule has 2 heteroatoms. The minimum Gasteiger partial charge on any atom is -0.396 e. The van der Waals surface area contributed by atoms with Crippen LogP contribution in [0.25, 0.3) is 0 Å². The third-order valence-corrected chi connectivity index (χ3v) is 0.745. The predicted octanol–water partition coefficient (Wildman–Crippen LogP) is 0.996. The molecule has 0 rings (SSSR count). The van der Waals surface area contributed by atoms with Gasteiger partial charge >= 0.3 is 0 Å². The van der Waals surface area contributed by atoms with Crippen molar-refractivity contribution in [3.8, 4) is 0 Å². The molecule has 0 bridgehead atoms. The van der Waals surface area contributed by atoms with Gasteiger partial charge in [-0.2, -0.15) is 0 Å². The molecular weight excluding hydrogens is 99.5 g/mol. The van der Waals surface area contributed by atoms with Crippen LogP contribution in [0.3, 0.4) is 0 Å². The molecule has 0 saturated heterocycles. The molecule has 38 valence electrons. The molecule has 0 saturated carbocycles. The number of alkyl halides is 1. The van der Waals surface area contributed by atoms with E-state index < -0.39 is 0 Å². The van der Waals surface area contributed by atoms with Crippen LogP contribution in [0.1, 0.15) is 13.3 Å². The summed E-state index contributed by atoms with van der Waals surface area (Å²) in [6.07, 6.45) is 0.696. The number of halogens is 1. The predicted molar refractivity (Wildman–Crippen MR) is 27.0 cm³/mol. The Morgan fingerprint density at radius 1 is 1.83 bits per heavy atom. The number of aliphatic hydroxyl groups is 1. The summed E-state index contributed by atoms with van der Waals surface area (Å²) in [5, 5.41) is 8.27. The maximum absolute atomic E-state index is 8.15. The van der Waals surface area contributed by atoms with Crippen molar-refractivity contribution in [3.05, 3.63) is 0 Å². The molecule has 0 aromatic rings. The summed E-state index contributed by atoms with van der Waals surface area (Å²) in [6, 6.07) is 0. The highest BCUT2D eigenvalue weighted by molar-refractivity contribution is 6.20. The van der Waals surface area contributed by atoms with Crippen molar-refractivity contribution in [1.29, 1.82) is 0 Å². The SMILES string of the molecule is CC(Cl)CCO. The van der Waals surface area contributed by atoms with Crippen molar-refractivity contribution in [1.82, 2.24) is 0 Å². The van der Waals surface area contributed by atoms with Gasteiger partial charge in [0, 0.05) is 12.0 Å². The summed E-state index contributed by atoms with van der Waals surface area (Å²) in [4.78, 5) is 0. The molecule has 0 amide bonds. The average Bonchev–Trinajstić information content (AvgIpc) is 1.35. The molecule has 1 unspecified atom stereocenters. The van der Waals surface area contributed by atoms with Gasteiger partial charge in [0.15, 0.2) is 0 Å². The van der Waals surface area contributed by atoms with Crippen LogP contribution in [0, 0.1) is 0 Å². The molecule has 0 aliphatic heterocycles. The molecule has 0 aliphatic rings. The van der Waals surface area contributed by atoms with Crippen LogP contribution in [0.15, 0.2) is 0 Å². The molecule has 0 heterocycles. The van der Waals surface area contributed by atoms with Gasteiger partial charge in [0.2, 0.25) is 0 Å². The van der Waals surface area contributed by atoms with Crippen molar-refractivity contribution in [2.75, 3.05) is 6.61 Å². The zero-order chi connectivity index (χ0) is 4.99. The summed E-state index contributed by atoms with van der Waals surface area (Å²) < 4.78 is 0. The first-order chi connectivity index (χ1) is 2.77. The molecule has 0 aromatic heterocycles. The monoisotopic (exact) mass is 108 g/mol. The van der Waals surface area contributed by atoms with Gasteiger partial charge in [0.25, 0.3) is 0 Å². The third kappa shape index (κ3) is 4.25. The van der Waals surface area contributed by atoms with Crippen LogP contribution in [0.4, 0.5) is 0 Å². The Morgan fingerprint density at radius 2 is 2.33 bits per heavy atom. The number of rotatable bonds is 2. The first-order valence-electron chi connectivity index (χ1n) is 2.02. The first-order valence-corrected chi connectivity index (χ1v) is 2.46. The maximum atomic E-state index is 8.15. The second-order valence-electron chi connectivity index (χ2n) is 1.29. The molecule has 6 heavy (non-hydrogen) atoms. The molecular formula is C4H9ClO. The van der Waals surface area contributed by atoms with Crippen LogP contribution in [0.2, 0.25) is 0 Å². The Labute approximate surface area is 42.9 Å².